The maximum atomic E-state index is 11.3. The summed E-state index contributed by atoms with van der Waals surface area (Å²) >= 11 is 3.32. The van der Waals surface area contributed by atoms with Crippen LogP contribution in [0, 0.1) is 5.92 Å². The molecular formula is C12H11BrO2. The van der Waals surface area contributed by atoms with E-state index in [1.165, 1.54) is 6.08 Å². The zero-order chi connectivity index (χ0) is 11.3. The van der Waals surface area contributed by atoms with Crippen LogP contribution in [0.4, 0.5) is 0 Å². The molecule has 1 aromatic carbocycles. The maximum absolute atomic E-state index is 11.3. The Morgan fingerprint density at radius 3 is 2.47 bits per heavy atom. The first-order valence-electron chi connectivity index (χ1n) is 4.56. The van der Waals surface area contributed by atoms with Crippen molar-refractivity contribution in [3.8, 4) is 0 Å². The van der Waals surface area contributed by atoms with Crippen LogP contribution >= 0.6 is 15.9 Å². The minimum Gasteiger partial charge on any atom is -0.303 e. The van der Waals surface area contributed by atoms with Crippen LogP contribution in [0.1, 0.15) is 12.5 Å². The third-order valence-corrected chi connectivity index (χ3v) is 2.49. The van der Waals surface area contributed by atoms with Gasteiger partial charge in [0.2, 0.25) is 0 Å². The summed E-state index contributed by atoms with van der Waals surface area (Å²) in [4.78, 5) is 21.6. The van der Waals surface area contributed by atoms with E-state index in [9.17, 15) is 9.59 Å². The van der Waals surface area contributed by atoms with Crippen molar-refractivity contribution < 1.29 is 9.59 Å². The number of hydrogen-bond donors (Lipinski definition) is 0. The highest BCUT2D eigenvalue weighted by atomic mass is 79.9. The van der Waals surface area contributed by atoms with E-state index in [0.29, 0.717) is 6.29 Å². The molecule has 0 aromatic heterocycles. The summed E-state index contributed by atoms with van der Waals surface area (Å²) in [7, 11) is 0. The van der Waals surface area contributed by atoms with Crippen LogP contribution in [0.2, 0.25) is 0 Å². The highest BCUT2D eigenvalue weighted by molar-refractivity contribution is 9.10. The molecule has 0 saturated carbocycles. The van der Waals surface area contributed by atoms with Gasteiger partial charge in [-0.25, -0.2) is 0 Å². The highest BCUT2D eigenvalue weighted by Gasteiger charge is 2.06. The normalized spacial score (nSPS) is 12.7. The molecule has 0 aliphatic rings. The van der Waals surface area contributed by atoms with Gasteiger partial charge in [-0.1, -0.05) is 34.1 Å². The second kappa shape index (κ2) is 5.61. The molecule has 0 amide bonds. The molecule has 0 aliphatic carbocycles. The van der Waals surface area contributed by atoms with E-state index in [2.05, 4.69) is 15.9 Å². The number of rotatable bonds is 4. The second-order valence-corrected chi connectivity index (χ2v) is 4.13. The number of carbonyl (C=O) groups excluding carboxylic acids is 2. The maximum Gasteiger partial charge on any atom is 0.165 e. The molecule has 0 saturated heterocycles. The van der Waals surface area contributed by atoms with Crippen LogP contribution in [0.5, 0.6) is 0 Å². The van der Waals surface area contributed by atoms with Gasteiger partial charge in [0.15, 0.2) is 5.78 Å². The van der Waals surface area contributed by atoms with Crippen molar-refractivity contribution in [2.45, 2.75) is 6.92 Å². The molecule has 2 nitrogen and oxygen atoms in total. The second-order valence-electron chi connectivity index (χ2n) is 3.21. The van der Waals surface area contributed by atoms with Gasteiger partial charge in [0.1, 0.15) is 6.29 Å². The molecule has 15 heavy (non-hydrogen) atoms. The summed E-state index contributed by atoms with van der Waals surface area (Å²) in [6, 6.07) is 7.57. The molecule has 0 fully saturated rings. The molecule has 1 atom stereocenters. The van der Waals surface area contributed by atoms with Crippen molar-refractivity contribution in [2.24, 2.45) is 5.92 Å². The van der Waals surface area contributed by atoms with E-state index in [1.54, 1.807) is 13.0 Å². The molecule has 0 spiro atoms. The molecule has 1 unspecified atom stereocenters. The predicted molar refractivity (Wildman–Crippen MR) is 63.4 cm³/mol. The van der Waals surface area contributed by atoms with Gasteiger partial charge in [0.25, 0.3) is 0 Å². The average molecular weight is 267 g/mol. The first-order valence-corrected chi connectivity index (χ1v) is 5.35. The molecular weight excluding hydrogens is 256 g/mol. The first-order chi connectivity index (χ1) is 7.13. The van der Waals surface area contributed by atoms with Gasteiger partial charge < -0.3 is 4.79 Å². The fraction of sp³-hybridized carbons (Fsp3) is 0.167. The molecule has 78 valence electrons. The summed E-state index contributed by atoms with van der Waals surface area (Å²) in [6.45, 7) is 1.58. The summed E-state index contributed by atoms with van der Waals surface area (Å²) in [5, 5.41) is 0. The Morgan fingerprint density at radius 1 is 1.33 bits per heavy atom. The van der Waals surface area contributed by atoms with Crippen LogP contribution in [0.25, 0.3) is 6.08 Å². The predicted octanol–water partition coefficient (Wildman–Crippen LogP) is 2.87. The molecule has 0 aliphatic heterocycles. The van der Waals surface area contributed by atoms with E-state index in [1.807, 2.05) is 24.3 Å². The van der Waals surface area contributed by atoms with Crippen molar-refractivity contribution in [1.82, 2.24) is 0 Å². The summed E-state index contributed by atoms with van der Waals surface area (Å²) < 4.78 is 0.993. The summed E-state index contributed by atoms with van der Waals surface area (Å²) in [5.74, 6) is -0.732. The number of allylic oxidation sites excluding steroid dienone is 1. The lowest BCUT2D eigenvalue weighted by Crippen LogP contribution is -2.08. The van der Waals surface area contributed by atoms with Crippen molar-refractivity contribution in [3.05, 3.63) is 40.4 Å². The van der Waals surface area contributed by atoms with E-state index >= 15 is 0 Å². The Morgan fingerprint density at radius 2 is 1.93 bits per heavy atom. The zero-order valence-corrected chi connectivity index (χ0v) is 9.90. The highest BCUT2D eigenvalue weighted by Crippen LogP contribution is 2.11. The third-order valence-electron chi connectivity index (χ3n) is 1.96. The topological polar surface area (TPSA) is 34.1 Å². The standard InChI is InChI=1S/C12H11BrO2/c1-9(8-14)12(15)7-4-10-2-5-11(13)6-3-10/h2-9H,1H3/b7-4+. The van der Waals surface area contributed by atoms with Gasteiger partial charge in [-0.2, -0.15) is 0 Å². The number of ketones is 1. The van der Waals surface area contributed by atoms with Crippen LogP contribution in [-0.4, -0.2) is 12.1 Å². The Labute approximate surface area is 97.1 Å². The SMILES string of the molecule is CC(C=O)C(=O)/C=C/c1ccc(Br)cc1. The monoisotopic (exact) mass is 266 g/mol. The van der Waals surface area contributed by atoms with Crippen LogP contribution < -0.4 is 0 Å². The number of halogens is 1. The van der Waals surface area contributed by atoms with E-state index in [4.69, 9.17) is 0 Å². The van der Waals surface area contributed by atoms with Crippen molar-refractivity contribution in [3.63, 3.8) is 0 Å². The molecule has 3 heteroatoms. The van der Waals surface area contributed by atoms with Crippen LogP contribution in [-0.2, 0) is 9.59 Å². The Kier molecular flexibility index (Phi) is 4.43. The molecule has 1 rings (SSSR count). The van der Waals surface area contributed by atoms with Gasteiger partial charge >= 0.3 is 0 Å². The van der Waals surface area contributed by atoms with Crippen LogP contribution in [0.15, 0.2) is 34.8 Å². The lowest BCUT2D eigenvalue weighted by molar-refractivity contribution is -0.123. The first kappa shape index (κ1) is 11.9. The van der Waals surface area contributed by atoms with Crippen LogP contribution in [0.3, 0.4) is 0 Å². The number of aldehydes is 1. The lowest BCUT2D eigenvalue weighted by Gasteiger charge is -1.96. The fourth-order valence-electron chi connectivity index (χ4n) is 0.971. The van der Waals surface area contributed by atoms with Gasteiger partial charge in [-0.15, -0.1) is 0 Å². The van der Waals surface area contributed by atoms with Gasteiger partial charge in [-0.3, -0.25) is 4.79 Å². The largest absolute Gasteiger partial charge is 0.303 e. The molecule has 0 N–H and O–H groups in total. The molecule has 0 heterocycles. The van der Waals surface area contributed by atoms with E-state index in [-0.39, 0.29) is 5.78 Å². The molecule has 0 bridgehead atoms. The quantitative estimate of drug-likeness (QED) is 0.477. The number of hydrogen-bond acceptors (Lipinski definition) is 2. The zero-order valence-electron chi connectivity index (χ0n) is 8.31. The van der Waals surface area contributed by atoms with Gasteiger partial charge in [0.05, 0.1) is 5.92 Å². The number of benzene rings is 1. The Bertz CT molecular complexity index is 379. The minimum atomic E-state index is -0.559. The van der Waals surface area contributed by atoms with E-state index < -0.39 is 5.92 Å². The van der Waals surface area contributed by atoms with Crippen molar-refractivity contribution in [2.75, 3.05) is 0 Å². The molecule has 0 radical (unpaired) electrons. The van der Waals surface area contributed by atoms with Crippen molar-refractivity contribution >= 4 is 34.1 Å². The lowest BCUT2D eigenvalue weighted by atomic mass is 10.1. The third kappa shape index (κ3) is 3.80. The van der Waals surface area contributed by atoms with Crippen molar-refractivity contribution in [1.29, 1.82) is 0 Å². The average Bonchev–Trinajstić information content (AvgIpc) is 2.26. The Hall–Kier alpha value is -1.22. The fourth-order valence-corrected chi connectivity index (χ4v) is 1.24. The Balaban J connectivity index is 2.69. The summed E-state index contributed by atoms with van der Waals surface area (Å²) in [5.41, 5.74) is 0.935. The van der Waals surface area contributed by atoms with Gasteiger partial charge in [0, 0.05) is 4.47 Å². The minimum absolute atomic E-state index is 0.173. The van der Waals surface area contributed by atoms with Gasteiger partial charge in [-0.05, 0) is 30.7 Å². The summed E-state index contributed by atoms with van der Waals surface area (Å²) in [6.07, 6.45) is 3.78. The van der Waals surface area contributed by atoms with E-state index in [0.717, 1.165) is 10.0 Å². The smallest absolute Gasteiger partial charge is 0.165 e. The molecule has 1 aromatic rings. The number of carbonyl (C=O) groups is 2.